The molecule has 3 aromatic rings. The summed E-state index contributed by atoms with van der Waals surface area (Å²) in [5.41, 5.74) is -0.932. The van der Waals surface area contributed by atoms with Crippen LogP contribution in [0.5, 0.6) is 0 Å². The van der Waals surface area contributed by atoms with Gasteiger partial charge >= 0.3 is 12.1 Å². The molecule has 1 aromatic heterocycles. The largest absolute Gasteiger partial charge is 0.478 e. The number of carbonyl (C=O) groups excluding carboxylic acids is 1. The van der Waals surface area contributed by atoms with Crippen LogP contribution in [0.1, 0.15) is 56.3 Å². The zero-order chi connectivity index (χ0) is 23.2. The van der Waals surface area contributed by atoms with Gasteiger partial charge in [-0.15, -0.1) is 0 Å². The Morgan fingerprint density at radius 3 is 2.59 bits per heavy atom. The summed E-state index contributed by atoms with van der Waals surface area (Å²) < 4.78 is 54.9. The molecule has 32 heavy (non-hydrogen) atoms. The number of halogens is 5. The normalized spacial score (nSPS) is 16.0. The maximum Gasteiger partial charge on any atom is 0.417 e. The number of aromatic carboxylic acids is 1. The van der Waals surface area contributed by atoms with Crippen LogP contribution in [-0.2, 0) is 12.6 Å². The molecule has 0 saturated heterocycles. The first-order valence-corrected chi connectivity index (χ1v) is 9.97. The second-order valence-electron chi connectivity index (χ2n) is 7.43. The quantitative estimate of drug-likeness (QED) is 0.371. The molecular formula is C22H15ClF4N2O3. The number of alkyl halides is 3. The monoisotopic (exact) mass is 466 g/mol. The van der Waals surface area contributed by atoms with Gasteiger partial charge < -0.3 is 5.11 Å². The van der Waals surface area contributed by atoms with Crippen molar-refractivity contribution in [2.24, 2.45) is 0 Å². The van der Waals surface area contributed by atoms with Crippen molar-refractivity contribution in [1.82, 2.24) is 10.2 Å². The fourth-order valence-corrected chi connectivity index (χ4v) is 4.35. The first kappa shape index (κ1) is 22.0. The summed E-state index contributed by atoms with van der Waals surface area (Å²) in [4.78, 5) is 24.4. The van der Waals surface area contributed by atoms with Crippen molar-refractivity contribution in [2.75, 3.05) is 0 Å². The van der Waals surface area contributed by atoms with Crippen molar-refractivity contribution in [3.05, 3.63) is 75.2 Å². The fourth-order valence-electron chi connectivity index (χ4n) is 4.08. The minimum Gasteiger partial charge on any atom is -0.478 e. The van der Waals surface area contributed by atoms with Gasteiger partial charge in [0.05, 0.1) is 27.8 Å². The number of aromatic amines is 1. The average Bonchev–Trinajstić information content (AvgIpc) is 3.16. The molecule has 1 unspecified atom stereocenters. The van der Waals surface area contributed by atoms with Crippen molar-refractivity contribution >= 4 is 23.4 Å². The number of nitrogens with zero attached hydrogens (tertiary/aromatic N) is 1. The zero-order valence-corrected chi connectivity index (χ0v) is 17.0. The zero-order valence-electron chi connectivity index (χ0n) is 16.3. The molecule has 0 bridgehead atoms. The summed E-state index contributed by atoms with van der Waals surface area (Å²) in [5, 5.41) is 15.7. The van der Waals surface area contributed by atoms with E-state index in [0.717, 1.165) is 24.3 Å². The summed E-state index contributed by atoms with van der Waals surface area (Å²) in [6, 6.07) is 6.56. The molecule has 1 aliphatic carbocycles. The smallest absolute Gasteiger partial charge is 0.417 e. The minimum absolute atomic E-state index is 0.189. The van der Waals surface area contributed by atoms with E-state index >= 15 is 0 Å². The van der Waals surface area contributed by atoms with E-state index in [-0.39, 0.29) is 22.7 Å². The number of nitrogens with one attached hydrogen (secondary N) is 1. The Balaban J connectivity index is 1.83. The van der Waals surface area contributed by atoms with Gasteiger partial charge in [-0.3, -0.25) is 9.89 Å². The van der Waals surface area contributed by atoms with Gasteiger partial charge in [0, 0.05) is 22.4 Å². The number of ketones is 1. The molecule has 2 aromatic carbocycles. The molecule has 1 atom stereocenters. The van der Waals surface area contributed by atoms with Gasteiger partial charge in [0.2, 0.25) is 0 Å². The minimum atomic E-state index is -4.78. The molecule has 166 valence electrons. The SMILES string of the molecule is O=C(O)c1ccc(-c2n[nH]c3c2C(C(=O)c2c(Cl)cccc2C(F)(F)F)CCC3)cc1F. The standard InChI is InChI=1S/C22H15ClF4N2O3/c23-14-5-2-4-13(22(25,26)27)18(14)20(30)12-3-1-6-16-17(12)19(29-28-16)10-7-8-11(21(31)32)15(24)9-10/h2,4-5,7-9,12H,1,3,6H2,(H,28,29)(H,31,32). The Morgan fingerprint density at radius 1 is 1.19 bits per heavy atom. The van der Waals surface area contributed by atoms with E-state index in [1.165, 1.54) is 12.1 Å². The number of carboxylic acid groups (broad SMARTS) is 1. The molecule has 0 amide bonds. The number of aryl methyl sites for hydroxylation is 1. The molecule has 5 nitrogen and oxygen atoms in total. The van der Waals surface area contributed by atoms with Gasteiger partial charge in [-0.25, -0.2) is 9.18 Å². The Labute approximate surface area is 184 Å². The third-order valence-electron chi connectivity index (χ3n) is 5.51. The van der Waals surface area contributed by atoms with Crippen LogP contribution in [0.4, 0.5) is 17.6 Å². The van der Waals surface area contributed by atoms with Gasteiger partial charge in [-0.2, -0.15) is 18.3 Å². The number of fused-ring (bicyclic) bond motifs is 1. The van der Waals surface area contributed by atoms with Crippen molar-refractivity contribution < 1.29 is 32.3 Å². The second-order valence-corrected chi connectivity index (χ2v) is 7.84. The van der Waals surface area contributed by atoms with E-state index < -0.39 is 46.4 Å². The first-order chi connectivity index (χ1) is 15.1. The summed E-state index contributed by atoms with van der Waals surface area (Å²) in [6.45, 7) is 0. The number of H-pyrrole nitrogens is 1. The highest BCUT2D eigenvalue weighted by Gasteiger charge is 2.40. The number of aromatic nitrogens is 2. The van der Waals surface area contributed by atoms with Gasteiger partial charge in [0.25, 0.3) is 0 Å². The molecule has 0 fully saturated rings. The molecule has 1 aliphatic rings. The number of carbonyl (C=O) groups is 2. The Morgan fingerprint density at radius 2 is 1.94 bits per heavy atom. The number of carboxylic acids is 1. The molecular weight excluding hydrogens is 452 g/mol. The summed E-state index contributed by atoms with van der Waals surface area (Å²) >= 11 is 6.03. The van der Waals surface area contributed by atoms with Crippen LogP contribution >= 0.6 is 11.6 Å². The summed E-state index contributed by atoms with van der Waals surface area (Å²) in [7, 11) is 0. The van der Waals surface area contributed by atoms with E-state index in [1.54, 1.807) is 0 Å². The van der Waals surface area contributed by atoms with E-state index in [0.29, 0.717) is 24.1 Å². The predicted molar refractivity (Wildman–Crippen MR) is 107 cm³/mol. The van der Waals surface area contributed by atoms with Gasteiger partial charge in [0.1, 0.15) is 5.82 Å². The molecule has 1 heterocycles. The number of benzene rings is 2. The number of Topliss-reactive ketones (excluding diaryl/α,β-unsaturated/α-hetero) is 1. The van der Waals surface area contributed by atoms with E-state index in [4.69, 9.17) is 16.7 Å². The van der Waals surface area contributed by atoms with Crippen molar-refractivity contribution in [2.45, 2.75) is 31.4 Å². The lowest BCUT2D eigenvalue weighted by atomic mass is 9.79. The maximum atomic E-state index is 14.3. The van der Waals surface area contributed by atoms with Gasteiger partial charge in [-0.05, 0) is 43.5 Å². The highest BCUT2D eigenvalue weighted by Crippen LogP contribution is 2.43. The lowest BCUT2D eigenvalue weighted by Gasteiger charge is -2.24. The molecule has 10 heteroatoms. The lowest BCUT2D eigenvalue weighted by molar-refractivity contribution is -0.137. The number of hydrogen-bond donors (Lipinski definition) is 2. The van der Waals surface area contributed by atoms with Crippen molar-refractivity contribution in [3.63, 3.8) is 0 Å². The molecule has 0 saturated carbocycles. The van der Waals surface area contributed by atoms with Crippen LogP contribution in [0.15, 0.2) is 36.4 Å². The third-order valence-corrected chi connectivity index (χ3v) is 5.82. The summed E-state index contributed by atoms with van der Waals surface area (Å²) in [6.07, 6.45) is -3.47. The van der Waals surface area contributed by atoms with Crippen LogP contribution < -0.4 is 0 Å². The van der Waals surface area contributed by atoms with E-state index in [9.17, 15) is 27.2 Å². The third kappa shape index (κ3) is 3.77. The van der Waals surface area contributed by atoms with Crippen molar-refractivity contribution in [1.29, 1.82) is 0 Å². The lowest BCUT2D eigenvalue weighted by Crippen LogP contribution is -2.22. The van der Waals surface area contributed by atoms with Crippen molar-refractivity contribution in [3.8, 4) is 11.3 Å². The maximum absolute atomic E-state index is 14.3. The van der Waals surface area contributed by atoms with Crippen LogP contribution in [0.25, 0.3) is 11.3 Å². The average molecular weight is 467 g/mol. The Bertz CT molecular complexity index is 1240. The molecule has 0 aliphatic heterocycles. The number of hydrogen-bond acceptors (Lipinski definition) is 3. The second kappa shape index (κ2) is 8.05. The van der Waals surface area contributed by atoms with Crippen LogP contribution in [-0.4, -0.2) is 27.1 Å². The molecule has 0 radical (unpaired) electrons. The van der Waals surface area contributed by atoms with Crippen LogP contribution in [0.3, 0.4) is 0 Å². The highest BCUT2D eigenvalue weighted by molar-refractivity contribution is 6.34. The summed E-state index contributed by atoms with van der Waals surface area (Å²) in [5.74, 6) is -4.20. The Kier molecular flexibility index (Phi) is 5.54. The molecule has 4 rings (SSSR count). The number of rotatable bonds is 4. The van der Waals surface area contributed by atoms with Crippen LogP contribution in [0.2, 0.25) is 5.02 Å². The van der Waals surface area contributed by atoms with Gasteiger partial charge in [0.15, 0.2) is 5.78 Å². The van der Waals surface area contributed by atoms with Gasteiger partial charge in [-0.1, -0.05) is 23.7 Å². The Hall–Kier alpha value is -3.20. The highest BCUT2D eigenvalue weighted by atomic mass is 35.5. The topological polar surface area (TPSA) is 83.0 Å². The van der Waals surface area contributed by atoms with E-state index in [1.807, 2.05) is 0 Å². The van der Waals surface area contributed by atoms with E-state index in [2.05, 4.69) is 10.2 Å². The fraction of sp³-hybridized carbons (Fsp3) is 0.227. The van der Waals surface area contributed by atoms with Crippen LogP contribution in [0, 0.1) is 5.82 Å². The first-order valence-electron chi connectivity index (χ1n) is 9.60. The predicted octanol–water partition coefficient (Wildman–Crippen LogP) is 5.89. The molecule has 0 spiro atoms. The molecule has 2 N–H and O–H groups in total.